The van der Waals surface area contributed by atoms with Crippen molar-refractivity contribution in [3.63, 3.8) is 0 Å². The molecule has 0 heterocycles. The maximum absolute atomic E-state index is 12.4. The Labute approximate surface area is 142 Å². The molecule has 0 spiro atoms. The zero-order chi connectivity index (χ0) is 17.7. The van der Waals surface area contributed by atoms with Gasteiger partial charge in [0.1, 0.15) is 17.2 Å². The van der Waals surface area contributed by atoms with Gasteiger partial charge in [0, 0.05) is 5.69 Å². The molecule has 2 aromatic carbocycles. The van der Waals surface area contributed by atoms with E-state index in [4.69, 9.17) is 21.1 Å². The summed E-state index contributed by atoms with van der Waals surface area (Å²) >= 11 is 5.85. The Kier molecular flexibility index (Phi) is 5.81. The van der Waals surface area contributed by atoms with E-state index >= 15 is 0 Å². The average Bonchev–Trinajstić information content (AvgIpc) is 2.56. The lowest BCUT2D eigenvalue weighted by atomic mass is 10.1. The molecule has 24 heavy (non-hydrogen) atoms. The molecule has 0 fully saturated rings. The van der Waals surface area contributed by atoms with Gasteiger partial charge in [-0.05, 0) is 36.4 Å². The van der Waals surface area contributed by atoms with Crippen LogP contribution in [0.4, 0.5) is 14.5 Å². The fourth-order valence-corrected chi connectivity index (χ4v) is 2.19. The molecule has 0 atom stereocenters. The van der Waals surface area contributed by atoms with Crippen LogP contribution in [0.2, 0.25) is 5.02 Å². The molecule has 2 aromatic rings. The molecule has 0 aromatic heterocycles. The van der Waals surface area contributed by atoms with Crippen molar-refractivity contribution in [3.8, 4) is 17.2 Å². The number of methoxy groups -OCH3 is 2. The van der Waals surface area contributed by atoms with E-state index in [0.717, 1.165) is 0 Å². The SMILES string of the molecule is COc1ccc(OC)c(C(=O)Nc2ccc(OC(F)F)c(Cl)c2)c1. The fourth-order valence-electron chi connectivity index (χ4n) is 1.96. The first-order valence-corrected chi connectivity index (χ1v) is 7.10. The van der Waals surface area contributed by atoms with E-state index in [9.17, 15) is 13.6 Å². The van der Waals surface area contributed by atoms with Crippen molar-refractivity contribution < 1.29 is 27.8 Å². The number of hydrogen-bond donors (Lipinski definition) is 1. The zero-order valence-electron chi connectivity index (χ0n) is 12.8. The molecule has 0 aliphatic rings. The van der Waals surface area contributed by atoms with Crippen LogP contribution in [0.15, 0.2) is 36.4 Å². The Balaban J connectivity index is 2.22. The van der Waals surface area contributed by atoms with Crippen molar-refractivity contribution in [2.45, 2.75) is 6.61 Å². The molecule has 0 bridgehead atoms. The Bertz CT molecular complexity index is 740. The zero-order valence-corrected chi connectivity index (χ0v) is 13.6. The summed E-state index contributed by atoms with van der Waals surface area (Å²) in [7, 11) is 2.91. The van der Waals surface area contributed by atoms with Gasteiger partial charge in [-0.3, -0.25) is 4.79 Å². The van der Waals surface area contributed by atoms with Crippen LogP contribution in [-0.2, 0) is 0 Å². The molecular formula is C16H14ClF2NO4. The lowest BCUT2D eigenvalue weighted by Crippen LogP contribution is -2.13. The van der Waals surface area contributed by atoms with Gasteiger partial charge in [-0.2, -0.15) is 8.78 Å². The number of anilines is 1. The highest BCUT2D eigenvalue weighted by atomic mass is 35.5. The summed E-state index contributed by atoms with van der Waals surface area (Å²) in [6, 6.07) is 8.72. The number of hydrogen-bond acceptors (Lipinski definition) is 4. The van der Waals surface area contributed by atoms with Crippen molar-refractivity contribution in [2.75, 3.05) is 19.5 Å². The normalized spacial score (nSPS) is 10.4. The Morgan fingerprint density at radius 1 is 1.08 bits per heavy atom. The number of rotatable bonds is 6. The Morgan fingerprint density at radius 2 is 1.79 bits per heavy atom. The standard InChI is InChI=1S/C16H14ClF2NO4/c1-22-10-4-6-13(23-2)11(8-10)15(21)20-9-3-5-14(12(17)7-9)24-16(18)19/h3-8,16H,1-2H3,(H,20,21). The minimum atomic E-state index is -2.98. The summed E-state index contributed by atoms with van der Waals surface area (Å²) in [6.45, 7) is -2.98. The summed E-state index contributed by atoms with van der Waals surface area (Å²) in [6.07, 6.45) is 0. The molecule has 0 saturated heterocycles. The highest BCUT2D eigenvalue weighted by Crippen LogP contribution is 2.30. The van der Waals surface area contributed by atoms with Crippen LogP contribution in [0.3, 0.4) is 0 Å². The molecule has 0 unspecified atom stereocenters. The molecule has 1 N–H and O–H groups in total. The maximum atomic E-state index is 12.4. The molecule has 0 aliphatic heterocycles. The molecule has 0 saturated carbocycles. The number of halogens is 3. The summed E-state index contributed by atoms with van der Waals surface area (Å²) in [5.41, 5.74) is 0.567. The topological polar surface area (TPSA) is 56.8 Å². The highest BCUT2D eigenvalue weighted by molar-refractivity contribution is 6.32. The number of nitrogens with one attached hydrogen (secondary N) is 1. The van der Waals surface area contributed by atoms with E-state index in [-0.39, 0.29) is 16.3 Å². The van der Waals surface area contributed by atoms with Gasteiger partial charge in [-0.15, -0.1) is 0 Å². The third-order valence-corrected chi connectivity index (χ3v) is 3.35. The Hall–Kier alpha value is -2.54. The second-order valence-electron chi connectivity index (χ2n) is 4.54. The van der Waals surface area contributed by atoms with Crippen LogP contribution in [0.25, 0.3) is 0 Å². The quantitative estimate of drug-likeness (QED) is 0.841. The van der Waals surface area contributed by atoms with Gasteiger partial charge < -0.3 is 19.5 Å². The molecule has 1 amide bonds. The van der Waals surface area contributed by atoms with Crippen LogP contribution in [-0.4, -0.2) is 26.7 Å². The second-order valence-corrected chi connectivity index (χ2v) is 4.95. The summed E-state index contributed by atoms with van der Waals surface area (Å²) in [5.74, 6) is 0.199. The first-order chi connectivity index (χ1) is 11.4. The Morgan fingerprint density at radius 3 is 2.38 bits per heavy atom. The molecule has 0 radical (unpaired) electrons. The van der Waals surface area contributed by atoms with Crippen molar-refractivity contribution in [2.24, 2.45) is 0 Å². The number of benzene rings is 2. The van der Waals surface area contributed by atoms with Gasteiger partial charge in [0.15, 0.2) is 0 Å². The minimum Gasteiger partial charge on any atom is -0.497 e. The summed E-state index contributed by atoms with van der Waals surface area (Å²) in [4.78, 5) is 12.4. The van der Waals surface area contributed by atoms with Gasteiger partial charge in [0.2, 0.25) is 0 Å². The van der Waals surface area contributed by atoms with Crippen LogP contribution >= 0.6 is 11.6 Å². The number of carbonyl (C=O) groups is 1. The fraction of sp³-hybridized carbons (Fsp3) is 0.188. The highest BCUT2D eigenvalue weighted by Gasteiger charge is 2.15. The van der Waals surface area contributed by atoms with E-state index in [2.05, 4.69) is 10.1 Å². The van der Waals surface area contributed by atoms with Crippen LogP contribution in [0.1, 0.15) is 10.4 Å². The van der Waals surface area contributed by atoms with Gasteiger partial charge in [-0.25, -0.2) is 0 Å². The van der Waals surface area contributed by atoms with Crippen molar-refractivity contribution in [1.29, 1.82) is 0 Å². The summed E-state index contributed by atoms with van der Waals surface area (Å²) in [5, 5.41) is 2.55. The monoisotopic (exact) mass is 357 g/mol. The van der Waals surface area contributed by atoms with Crippen molar-refractivity contribution in [3.05, 3.63) is 47.0 Å². The van der Waals surface area contributed by atoms with Gasteiger partial charge >= 0.3 is 6.61 Å². The van der Waals surface area contributed by atoms with Crippen LogP contribution in [0.5, 0.6) is 17.2 Å². The van der Waals surface area contributed by atoms with Gasteiger partial charge in [0.25, 0.3) is 5.91 Å². The molecular weight excluding hydrogens is 344 g/mol. The van der Waals surface area contributed by atoms with Crippen molar-refractivity contribution >= 4 is 23.2 Å². The van der Waals surface area contributed by atoms with E-state index in [1.165, 1.54) is 38.5 Å². The molecule has 8 heteroatoms. The molecule has 128 valence electrons. The number of ether oxygens (including phenoxy) is 3. The third kappa shape index (κ3) is 4.26. The number of carbonyl (C=O) groups excluding carboxylic acids is 1. The van der Waals surface area contributed by atoms with E-state index in [1.807, 2.05) is 0 Å². The predicted molar refractivity (Wildman–Crippen MR) is 85.6 cm³/mol. The molecule has 2 rings (SSSR count). The molecule has 5 nitrogen and oxygen atoms in total. The second kappa shape index (κ2) is 7.83. The van der Waals surface area contributed by atoms with Crippen LogP contribution < -0.4 is 19.5 Å². The smallest absolute Gasteiger partial charge is 0.387 e. The maximum Gasteiger partial charge on any atom is 0.387 e. The van der Waals surface area contributed by atoms with Crippen LogP contribution in [0, 0.1) is 0 Å². The van der Waals surface area contributed by atoms with Gasteiger partial charge in [-0.1, -0.05) is 11.6 Å². The first-order valence-electron chi connectivity index (χ1n) is 6.72. The lowest BCUT2D eigenvalue weighted by Gasteiger charge is -2.12. The largest absolute Gasteiger partial charge is 0.497 e. The summed E-state index contributed by atoms with van der Waals surface area (Å²) < 4.78 is 38.9. The lowest BCUT2D eigenvalue weighted by molar-refractivity contribution is -0.0497. The predicted octanol–water partition coefficient (Wildman–Crippen LogP) is 4.21. The van der Waals surface area contributed by atoms with E-state index in [1.54, 1.807) is 12.1 Å². The van der Waals surface area contributed by atoms with Crippen molar-refractivity contribution in [1.82, 2.24) is 0 Å². The van der Waals surface area contributed by atoms with E-state index < -0.39 is 12.5 Å². The average molecular weight is 358 g/mol. The van der Waals surface area contributed by atoms with Gasteiger partial charge in [0.05, 0.1) is 24.8 Å². The number of amides is 1. The van der Waals surface area contributed by atoms with E-state index in [0.29, 0.717) is 17.2 Å². The number of alkyl halides is 2. The minimum absolute atomic E-state index is 0.0503. The first kappa shape index (κ1) is 17.8. The third-order valence-electron chi connectivity index (χ3n) is 3.06. The molecule has 0 aliphatic carbocycles.